The van der Waals surface area contributed by atoms with Gasteiger partial charge in [-0.3, -0.25) is 4.79 Å². The highest BCUT2D eigenvalue weighted by Gasteiger charge is 2.15. The first kappa shape index (κ1) is 22.1. The number of thioether (sulfide) groups is 3. The fraction of sp³-hybridized carbons (Fsp3) is 0.381. The van der Waals surface area contributed by atoms with E-state index in [0.29, 0.717) is 11.6 Å². The smallest absolute Gasteiger partial charge is 0.256 e. The van der Waals surface area contributed by atoms with Crippen molar-refractivity contribution in [3.63, 3.8) is 0 Å². The van der Waals surface area contributed by atoms with Crippen LogP contribution in [0.15, 0.2) is 49.9 Å². The summed E-state index contributed by atoms with van der Waals surface area (Å²) in [6.45, 7) is 6.20. The summed E-state index contributed by atoms with van der Waals surface area (Å²) in [5, 5.41) is 4.66. The van der Waals surface area contributed by atoms with Crippen molar-refractivity contribution in [2.24, 2.45) is 0 Å². The van der Waals surface area contributed by atoms with Crippen molar-refractivity contribution in [3.05, 3.63) is 36.0 Å². The molecular formula is C21H25N3O2S3. The molecule has 0 aliphatic heterocycles. The number of pyridine rings is 1. The third-order valence-corrected chi connectivity index (χ3v) is 6.66. The predicted octanol–water partition coefficient (Wildman–Crippen LogP) is 6.27. The Balaban J connectivity index is 1.56. The second-order valence-corrected chi connectivity index (χ2v) is 9.86. The fourth-order valence-corrected chi connectivity index (χ4v) is 5.23. The summed E-state index contributed by atoms with van der Waals surface area (Å²) < 4.78 is 5.70. The van der Waals surface area contributed by atoms with Crippen molar-refractivity contribution in [2.75, 3.05) is 22.6 Å². The molecule has 3 rings (SSSR count). The Labute approximate surface area is 184 Å². The van der Waals surface area contributed by atoms with Gasteiger partial charge in [-0.15, -0.1) is 23.5 Å². The van der Waals surface area contributed by atoms with Gasteiger partial charge >= 0.3 is 0 Å². The van der Waals surface area contributed by atoms with Gasteiger partial charge in [0, 0.05) is 22.8 Å². The number of oxazole rings is 1. The average Bonchev–Trinajstić information content (AvgIpc) is 3.11. The summed E-state index contributed by atoms with van der Waals surface area (Å²) in [6.07, 6.45) is 1.20. The first-order valence-electron chi connectivity index (χ1n) is 9.66. The molecule has 0 aliphatic rings. The highest BCUT2D eigenvalue weighted by atomic mass is 32.2. The van der Waals surface area contributed by atoms with Crippen LogP contribution in [-0.4, -0.2) is 33.1 Å². The number of carbonyl (C=O) groups excluding carboxylic acids is 1. The van der Waals surface area contributed by atoms with Crippen LogP contribution in [-0.2, 0) is 4.79 Å². The minimum absolute atomic E-state index is 0.0183. The van der Waals surface area contributed by atoms with E-state index in [9.17, 15) is 4.79 Å². The van der Waals surface area contributed by atoms with Gasteiger partial charge in [0.15, 0.2) is 5.58 Å². The van der Waals surface area contributed by atoms with Crippen LogP contribution >= 0.6 is 35.3 Å². The predicted molar refractivity (Wildman–Crippen MR) is 124 cm³/mol. The van der Waals surface area contributed by atoms with E-state index in [-0.39, 0.29) is 5.91 Å². The van der Waals surface area contributed by atoms with Gasteiger partial charge < -0.3 is 9.73 Å². The number of para-hydroxylation sites is 2. The number of hydrogen-bond acceptors (Lipinski definition) is 7. The number of carbonyl (C=O) groups is 1. The van der Waals surface area contributed by atoms with E-state index in [1.807, 2.05) is 37.3 Å². The molecule has 29 heavy (non-hydrogen) atoms. The first-order valence-corrected chi connectivity index (χ1v) is 12.6. The lowest BCUT2D eigenvalue weighted by Gasteiger charge is -2.15. The molecule has 1 aromatic carbocycles. The largest absolute Gasteiger partial charge is 0.431 e. The maximum absolute atomic E-state index is 12.6. The molecule has 3 aromatic rings. The molecule has 0 spiro atoms. The van der Waals surface area contributed by atoms with E-state index < -0.39 is 0 Å². The molecule has 0 fully saturated rings. The van der Waals surface area contributed by atoms with Gasteiger partial charge in [-0.2, -0.15) is 0 Å². The lowest BCUT2D eigenvalue weighted by molar-refractivity contribution is -0.116. The summed E-state index contributed by atoms with van der Waals surface area (Å²) in [6, 6.07) is 9.77. The van der Waals surface area contributed by atoms with Crippen LogP contribution in [0.2, 0.25) is 0 Å². The third-order valence-electron chi connectivity index (χ3n) is 3.97. The molecule has 2 aromatic heterocycles. The summed E-state index contributed by atoms with van der Waals surface area (Å²) in [5.41, 5.74) is 3.48. The molecule has 0 unspecified atom stereocenters. The number of fused-ring (bicyclic) bond motifs is 1. The molecule has 0 aliphatic carbocycles. The Morgan fingerprint density at radius 2 is 1.90 bits per heavy atom. The molecule has 0 atom stereocenters. The van der Waals surface area contributed by atoms with Gasteiger partial charge in [-0.05, 0) is 43.0 Å². The van der Waals surface area contributed by atoms with Crippen LogP contribution in [0, 0.1) is 6.92 Å². The van der Waals surface area contributed by atoms with Crippen molar-refractivity contribution in [2.45, 2.75) is 48.8 Å². The fourth-order valence-electron chi connectivity index (χ4n) is 2.75. The van der Waals surface area contributed by atoms with E-state index in [1.165, 1.54) is 0 Å². The number of aryl methyl sites for hydroxylation is 1. The second-order valence-electron chi connectivity index (χ2n) is 6.26. The van der Waals surface area contributed by atoms with Crippen molar-refractivity contribution in [3.8, 4) is 0 Å². The van der Waals surface area contributed by atoms with Crippen molar-refractivity contribution in [1.82, 2.24) is 9.97 Å². The lowest BCUT2D eigenvalue weighted by atomic mass is 10.3. The molecular weight excluding hydrogens is 422 g/mol. The van der Waals surface area contributed by atoms with Crippen LogP contribution in [0.4, 0.5) is 5.69 Å². The van der Waals surface area contributed by atoms with E-state index in [1.54, 1.807) is 35.3 Å². The van der Waals surface area contributed by atoms with Crippen LogP contribution in [0.3, 0.4) is 0 Å². The van der Waals surface area contributed by atoms with Gasteiger partial charge in [0.25, 0.3) is 5.22 Å². The van der Waals surface area contributed by atoms with Crippen molar-refractivity contribution >= 4 is 58.0 Å². The minimum Gasteiger partial charge on any atom is -0.431 e. The number of hydrogen-bond donors (Lipinski definition) is 1. The Bertz CT molecular complexity index is 915. The standard InChI is InChI=1S/C21H25N3O2S3/c1-4-27-17-13-14(3)22-20(28-5-2)19(17)24-18(25)11-8-12-29-21-23-15-9-6-7-10-16(15)26-21/h6-7,9-10,13H,4-5,8,11-12H2,1-3H3,(H,24,25). The number of benzene rings is 1. The molecule has 154 valence electrons. The quantitative estimate of drug-likeness (QED) is 0.290. The zero-order valence-electron chi connectivity index (χ0n) is 16.9. The van der Waals surface area contributed by atoms with Gasteiger partial charge in [0.1, 0.15) is 10.5 Å². The number of aromatic nitrogens is 2. The normalized spacial score (nSPS) is 11.1. The summed E-state index contributed by atoms with van der Waals surface area (Å²) in [4.78, 5) is 22.7. The maximum Gasteiger partial charge on any atom is 0.256 e. The number of anilines is 1. The molecule has 2 heterocycles. The summed E-state index contributed by atoms with van der Waals surface area (Å²) in [7, 11) is 0. The minimum atomic E-state index is 0.0183. The molecule has 0 radical (unpaired) electrons. The summed E-state index contributed by atoms with van der Waals surface area (Å²) >= 11 is 4.94. The van der Waals surface area contributed by atoms with Crippen LogP contribution in [0.5, 0.6) is 0 Å². The SMILES string of the molecule is CCSc1cc(C)nc(SCC)c1NC(=O)CCCSc1nc2ccccc2o1. The molecule has 0 saturated heterocycles. The zero-order chi connectivity index (χ0) is 20.6. The summed E-state index contributed by atoms with van der Waals surface area (Å²) in [5.74, 6) is 2.66. The van der Waals surface area contributed by atoms with Gasteiger partial charge in [-0.25, -0.2) is 9.97 Å². The lowest BCUT2D eigenvalue weighted by Crippen LogP contribution is -2.14. The number of nitrogens with zero attached hydrogens (tertiary/aromatic N) is 2. The van der Waals surface area contributed by atoms with E-state index in [4.69, 9.17) is 4.42 Å². The molecule has 1 amide bonds. The van der Waals surface area contributed by atoms with Gasteiger partial charge in [0.2, 0.25) is 5.91 Å². The Morgan fingerprint density at radius 1 is 1.10 bits per heavy atom. The molecule has 5 nitrogen and oxygen atoms in total. The molecule has 0 bridgehead atoms. The average molecular weight is 448 g/mol. The highest BCUT2D eigenvalue weighted by Crippen LogP contribution is 2.35. The maximum atomic E-state index is 12.6. The zero-order valence-corrected chi connectivity index (χ0v) is 19.3. The topological polar surface area (TPSA) is 68.0 Å². The van der Waals surface area contributed by atoms with E-state index in [0.717, 1.165) is 56.1 Å². The number of nitrogens with one attached hydrogen (secondary N) is 1. The third kappa shape index (κ3) is 6.17. The Kier molecular flexibility index (Phi) is 8.32. The van der Waals surface area contributed by atoms with Gasteiger partial charge in [-0.1, -0.05) is 37.7 Å². The van der Waals surface area contributed by atoms with Crippen molar-refractivity contribution in [1.29, 1.82) is 0 Å². The highest BCUT2D eigenvalue weighted by molar-refractivity contribution is 8.00. The molecule has 1 N–H and O–H groups in total. The van der Waals surface area contributed by atoms with Crippen LogP contribution in [0.1, 0.15) is 32.4 Å². The van der Waals surface area contributed by atoms with E-state index >= 15 is 0 Å². The Morgan fingerprint density at radius 3 is 2.66 bits per heavy atom. The molecule has 8 heteroatoms. The Hall–Kier alpha value is -1.64. The van der Waals surface area contributed by atoms with E-state index in [2.05, 4.69) is 29.1 Å². The second kappa shape index (κ2) is 10.9. The van der Waals surface area contributed by atoms with Crippen molar-refractivity contribution < 1.29 is 9.21 Å². The van der Waals surface area contributed by atoms with Gasteiger partial charge in [0.05, 0.1) is 5.69 Å². The first-order chi connectivity index (χ1) is 14.1. The number of amides is 1. The van der Waals surface area contributed by atoms with Crippen LogP contribution in [0.25, 0.3) is 11.1 Å². The van der Waals surface area contributed by atoms with Crippen LogP contribution < -0.4 is 5.32 Å². The number of rotatable bonds is 10. The monoisotopic (exact) mass is 447 g/mol. The molecule has 0 saturated carbocycles.